The maximum atomic E-state index is 12.5. The Labute approximate surface area is 161 Å². The van der Waals surface area contributed by atoms with E-state index in [-0.39, 0.29) is 31.1 Å². The molecule has 0 atom stereocenters. The largest absolute Gasteiger partial charge is 0.361 e. The molecule has 2 rings (SSSR count). The molecule has 1 aromatic rings. The molecule has 0 bridgehead atoms. The highest BCUT2D eigenvalue weighted by Gasteiger charge is 2.22. The molecule has 1 aromatic heterocycles. The first-order valence-electron chi connectivity index (χ1n) is 9.86. The fraction of sp³-hybridized carbons (Fsp3) is 0.650. The van der Waals surface area contributed by atoms with Crippen molar-refractivity contribution in [1.29, 1.82) is 0 Å². The van der Waals surface area contributed by atoms with Crippen LogP contribution in [0.2, 0.25) is 0 Å². The van der Waals surface area contributed by atoms with Crippen LogP contribution < -0.4 is 10.6 Å². The molecule has 0 spiro atoms. The topological polar surface area (TPSA) is 87.5 Å². The quantitative estimate of drug-likeness (QED) is 0.677. The number of aryl methyl sites for hydroxylation is 1. The lowest BCUT2D eigenvalue weighted by Crippen LogP contribution is -2.46. The second-order valence-corrected chi connectivity index (χ2v) is 7.64. The smallest absolute Gasteiger partial charge is 0.323 e. The molecule has 0 saturated heterocycles. The van der Waals surface area contributed by atoms with E-state index in [0.717, 1.165) is 32.1 Å². The summed E-state index contributed by atoms with van der Waals surface area (Å²) < 4.78 is 5.08. The zero-order chi connectivity index (χ0) is 19.6. The maximum Gasteiger partial charge on any atom is 0.323 e. The standard InChI is InChI=1S/C20H32N4O3/c1-15(2)8-7-11-21-20(26)24(13-18-12-16(3)27-23-18)14-22-19(25)17-9-5-4-6-10-17/h7,11-12,15,17H,4-6,8-10,13-14H2,1-3H3,(H,21,26)(H,22,25)/b11-7+. The van der Waals surface area contributed by atoms with Crippen LogP contribution >= 0.6 is 0 Å². The monoisotopic (exact) mass is 376 g/mol. The van der Waals surface area contributed by atoms with Gasteiger partial charge in [0.1, 0.15) is 11.5 Å². The van der Waals surface area contributed by atoms with E-state index in [1.165, 1.54) is 11.3 Å². The SMILES string of the molecule is Cc1cc(CN(CNC(=O)C2CCCCC2)C(=O)N/C=C/CC(C)C)no1. The van der Waals surface area contributed by atoms with E-state index in [0.29, 0.717) is 17.4 Å². The summed E-state index contributed by atoms with van der Waals surface area (Å²) in [6.07, 6.45) is 9.74. The number of aromatic nitrogens is 1. The van der Waals surface area contributed by atoms with Gasteiger partial charge in [-0.3, -0.25) is 4.79 Å². The third kappa shape index (κ3) is 7.45. The van der Waals surface area contributed by atoms with Crippen LogP contribution in [-0.2, 0) is 11.3 Å². The summed E-state index contributed by atoms with van der Waals surface area (Å²) in [5, 5.41) is 9.63. The second-order valence-electron chi connectivity index (χ2n) is 7.64. The first-order chi connectivity index (χ1) is 13.0. The molecule has 1 fully saturated rings. The molecule has 0 unspecified atom stereocenters. The van der Waals surface area contributed by atoms with Crippen LogP contribution in [0.1, 0.15) is 63.8 Å². The van der Waals surface area contributed by atoms with Gasteiger partial charge in [0.05, 0.1) is 13.2 Å². The van der Waals surface area contributed by atoms with Gasteiger partial charge in [-0.15, -0.1) is 0 Å². The Morgan fingerprint density at radius 3 is 2.70 bits per heavy atom. The Hall–Kier alpha value is -2.31. The molecule has 0 aliphatic heterocycles. The Morgan fingerprint density at radius 1 is 1.33 bits per heavy atom. The van der Waals surface area contributed by atoms with Crippen molar-refractivity contribution in [1.82, 2.24) is 20.7 Å². The van der Waals surface area contributed by atoms with Crippen molar-refractivity contribution in [3.63, 3.8) is 0 Å². The number of hydrogen-bond donors (Lipinski definition) is 2. The summed E-state index contributed by atoms with van der Waals surface area (Å²) in [4.78, 5) is 26.5. The molecular formula is C20H32N4O3. The number of amides is 3. The third-order valence-electron chi connectivity index (χ3n) is 4.67. The van der Waals surface area contributed by atoms with Gasteiger partial charge in [-0.1, -0.05) is 44.3 Å². The number of carbonyl (C=O) groups excluding carboxylic acids is 2. The Kier molecular flexibility index (Phi) is 8.36. The number of carbonyl (C=O) groups is 2. The normalized spacial score (nSPS) is 15.3. The van der Waals surface area contributed by atoms with Crippen LogP contribution in [0.4, 0.5) is 4.79 Å². The van der Waals surface area contributed by atoms with E-state index >= 15 is 0 Å². The molecule has 150 valence electrons. The first kappa shape index (κ1) is 21.0. The summed E-state index contributed by atoms with van der Waals surface area (Å²) in [6.45, 7) is 6.45. The van der Waals surface area contributed by atoms with Gasteiger partial charge >= 0.3 is 6.03 Å². The zero-order valence-corrected chi connectivity index (χ0v) is 16.7. The van der Waals surface area contributed by atoms with Crippen molar-refractivity contribution < 1.29 is 14.1 Å². The predicted molar refractivity (Wildman–Crippen MR) is 103 cm³/mol. The minimum Gasteiger partial charge on any atom is -0.361 e. The van der Waals surface area contributed by atoms with Gasteiger partial charge in [0.15, 0.2) is 0 Å². The average Bonchev–Trinajstić information content (AvgIpc) is 3.07. The Balaban J connectivity index is 1.92. The van der Waals surface area contributed by atoms with Crippen molar-refractivity contribution in [3.8, 4) is 0 Å². The molecule has 3 amide bonds. The van der Waals surface area contributed by atoms with E-state index in [1.807, 2.05) is 6.08 Å². The number of rotatable bonds is 8. The maximum absolute atomic E-state index is 12.5. The third-order valence-corrected chi connectivity index (χ3v) is 4.67. The van der Waals surface area contributed by atoms with Crippen molar-refractivity contribution in [2.45, 2.75) is 65.8 Å². The van der Waals surface area contributed by atoms with Gasteiger partial charge in [-0.05, 0) is 32.1 Å². The lowest BCUT2D eigenvalue weighted by atomic mass is 9.89. The fourth-order valence-electron chi connectivity index (χ4n) is 3.13. The molecule has 1 heterocycles. The van der Waals surface area contributed by atoms with Crippen LogP contribution in [0.15, 0.2) is 22.9 Å². The first-order valence-corrected chi connectivity index (χ1v) is 9.86. The molecular weight excluding hydrogens is 344 g/mol. The van der Waals surface area contributed by atoms with Crippen molar-refractivity contribution in [2.75, 3.05) is 6.67 Å². The van der Waals surface area contributed by atoms with Crippen molar-refractivity contribution in [2.24, 2.45) is 11.8 Å². The Morgan fingerprint density at radius 2 is 2.07 bits per heavy atom. The van der Waals surface area contributed by atoms with Crippen LogP contribution in [0, 0.1) is 18.8 Å². The highest BCUT2D eigenvalue weighted by molar-refractivity contribution is 5.80. The highest BCUT2D eigenvalue weighted by Crippen LogP contribution is 2.23. The van der Waals surface area contributed by atoms with Crippen LogP contribution in [-0.4, -0.2) is 28.7 Å². The van der Waals surface area contributed by atoms with Gasteiger partial charge in [0.2, 0.25) is 5.91 Å². The summed E-state index contributed by atoms with van der Waals surface area (Å²) in [7, 11) is 0. The van der Waals surface area contributed by atoms with Crippen LogP contribution in [0.3, 0.4) is 0 Å². The van der Waals surface area contributed by atoms with Gasteiger partial charge in [-0.25, -0.2) is 4.79 Å². The van der Waals surface area contributed by atoms with E-state index in [2.05, 4.69) is 29.6 Å². The van der Waals surface area contributed by atoms with Gasteiger partial charge in [-0.2, -0.15) is 0 Å². The van der Waals surface area contributed by atoms with Crippen LogP contribution in [0.25, 0.3) is 0 Å². The number of urea groups is 1. The Bertz CT molecular complexity index is 633. The number of nitrogens with one attached hydrogen (secondary N) is 2. The molecule has 1 aliphatic carbocycles. The highest BCUT2D eigenvalue weighted by atomic mass is 16.5. The lowest BCUT2D eigenvalue weighted by Gasteiger charge is -2.25. The van der Waals surface area contributed by atoms with E-state index in [9.17, 15) is 9.59 Å². The van der Waals surface area contributed by atoms with E-state index < -0.39 is 0 Å². The average molecular weight is 377 g/mol. The number of allylic oxidation sites excluding steroid dienone is 1. The van der Waals surface area contributed by atoms with Crippen molar-refractivity contribution in [3.05, 3.63) is 29.8 Å². The molecule has 1 aliphatic rings. The van der Waals surface area contributed by atoms with Gasteiger partial charge in [0, 0.05) is 18.2 Å². The van der Waals surface area contributed by atoms with Crippen LogP contribution in [0.5, 0.6) is 0 Å². The molecule has 0 radical (unpaired) electrons. The van der Waals surface area contributed by atoms with E-state index in [1.54, 1.807) is 19.2 Å². The molecule has 7 heteroatoms. The molecule has 7 nitrogen and oxygen atoms in total. The molecule has 0 aromatic carbocycles. The molecule has 27 heavy (non-hydrogen) atoms. The molecule has 1 saturated carbocycles. The predicted octanol–water partition coefficient (Wildman–Crippen LogP) is 3.71. The minimum absolute atomic E-state index is 0.0270. The summed E-state index contributed by atoms with van der Waals surface area (Å²) in [5.74, 6) is 1.30. The van der Waals surface area contributed by atoms with Gasteiger partial charge in [0.25, 0.3) is 0 Å². The second kappa shape index (κ2) is 10.7. The van der Waals surface area contributed by atoms with E-state index in [4.69, 9.17) is 4.52 Å². The zero-order valence-electron chi connectivity index (χ0n) is 16.7. The summed E-state index contributed by atoms with van der Waals surface area (Å²) >= 11 is 0. The molecule has 2 N–H and O–H groups in total. The minimum atomic E-state index is -0.278. The summed E-state index contributed by atoms with van der Waals surface area (Å²) in [6, 6.07) is 1.51. The fourth-order valence-corrected chi connectivity index (χ4v) is 3.13. The number of hydrogen-bond acceptors (Lipinski definition) is 4. The van der Waals surface area contributed by atoms with Gasteiger partial charge < -0.3 is 20.1 Å². The lowest BCUT2D eigenvalue weighted by molar-refractivity contribution is -0.126. The van der Waals surface area contributed by atoms with Crippen molar-refractivity contribution >= 4 is 11.9 Å². The number of nitrogens with zero attached hydrogens (tertiary/aromatic N) is 2. The summed E-state index contributed by atoms with van der Waals surface area (Å²) in [5.41, 5.74) is 0.653.